The lowest BCUT2D eigenvalue weighted by atomic mass is 9.77. The Morgan fingerprint density at radius 1 is 1.12 bits per heavy atom. The number of benzene rings is 1. The highest BCUT2D eigenvalue weighted by molar-refractivity contribution is 5.88. The van der Waals surface area contributed by atoms with Gasteiger partial charge in [-0.1, -0.05) is 29.8 Å². The largest absolute Gasteiger partial charge is 0.299 e. The lowest BCUT2D eigenvalue weighted by Crippen LogP contribution is -2.19. The topological polar surface area (TPSA) is 17.1 Å². The van der Waals surface area contributed by atoms with E-state index in [0.717, 1.165) is 25.7 Å². The molecule has 86 valence electrons. The standard InChI is InChI=1S/C16H16O/c17-16-6-5-11-8-12-7-10-3-1-2-4-13(10)14(12)9-15(11)16/h1-4,11,15H,5-9H2. The number of fused-ring (bicyclic) bond motifs is 3. The minimum Gasteiger partial charge on any atom is -0.299 e. The molecular formula is C16H16O. The maximum Gasteiger partial charge on any atom is 0.136 e. The molecule has 0 bridgehead atoms. The Bertz CT molecular complexity index is 538. The van der Waals surface area contributed by atoms with Gasteiger partial charge in [0.1, 0.15) is 5.78 Å². The number of Topliss-reactive ketones (excluding diaryl/α,β-unsaturated/α-hetero) is 1. The molecule has 0 aromatic heterocycles. The summed E-state index contributed by atoms with van der Waals surface area (Å²) in [6, 6.07) is 8.73. The summed E-state index contributed by atoms with van der Waals surface area (Å²) in [5.74, 6) is 1.53. The fourth-order valence-electron chi connectivity index (χ4n) is 3.98. The van der Waals surface area contributed by atoms with Gasteiger partial charge in [0.25, 0.3) is 0 Å². The zero-order valence-corrected chi connectivity index (χ0v) is 9.91. The van der Waals surface area contributed by atoms with Crippen LogP contribution in [-0.4, -0.2) is 5.78 Å². The van der Waals surface area contributed by atoms with Crippen LogP contribution in [0, 0.1) is 11.8 Å². The number of carbonyl (C=O) groups excluding carboxylic acids is 1. The van der Waals surface area contributed by atoms with Crippen LogP contribution in [0.4, 0.5) is 0 Å². The SMILES string of the molecule is O=C1CCC2CC3=C(CC12)c1ccccc1C3. The second-order valence-electron chi connectivity index (χ2n) is 5.70. The summed E-state index contributed by atoms with van der Waals surface area (Å²) in [5.41, 5.74) is 6.05. The minimum absolute atomic E-state index is 0.347. The maximum atomic E-state index is 11.9. The van der Waals surface area contributed by atoms with Gasteiger partial charge in [0, 0.05) is 12.3 Å². The lowest BCUT2D eigenvalue weighted by Gasteiger charge is -2.26. The predicted molar refractivity (Wildman–Crippen MR) is 67.5 cm³/mol. The summed E-state index contributed by atoms with van der Waals surface area (Å²) in [6.07, 6.45) is 5.31. The van der Waals surface area contributed by atoms with Gasteiger partial charge in [-0.25, -0.2) is 0 Å². The van der Waals surface area contributed by atoms with E-state index < -0.39 is 0 Å². The van der Waals surface area contributed by atoms with Gasteiger partial charge in [-0.3, -0.25) is 4.79 Å². The smallest absolute Gasteiger partial charge is 0.136 e. The van der Waals surface area contributed by atoms with Crippen molar-refractivity contribution in [2.75, 3.05) is 0 Å². The number of allylic oxidation sites excluding steroid dienone is 2. The highest BCUT2D eigenvalue weighted by atomic mass is 16.1. The van der Waals surface area contributed by atoms with Crippen LogP contribution in [0.1, 0.15) is 36.8 Å². The maximum absolute atomic E-state index is 11.9. The molecule has 1 aromatic carbocycles. The van der Waals surface area contributed by atoms with Crippen LogP contribution < -0.4 is 0 Å². The number of hydrogen-bond donors (Lipinski definition) is 0. The molecule has 3 aliphatic rings. The highest BCUT2D eigenvalue weighted by Crippen LogP contribution is 2.49. The van der Waals surface area contributed by atoms with Crippen molar-refractivity contribution in [2.45, 2.75) is 32.1 Å². The fraction of sp³-hybridized carbons (Fsp3) is 0.438. The van der Waals surface area contributed by atoms with Gasteiger partial charge < -0.3 is 0 Å². The average molecular weight is 224 g/mol. The van der Waals surface area contributed by atoms with Crippen molar-refractivity contribution in [3.63, 3.8) is 0 Å². The molecular weight excluding hydrogens is 208 g/mol. The molecule has 1 nitrogen and oxygen atoms in total. The van der Waals surface area contributed by atoms with E-state index in [1.54, 1.807) is 5.57 Å². The molecule has 1 aromatic rings. The zero-order valence-electron chi connectivity index (χ0n) is 9.91. The summed E-state index contributed by atoms with van der Waals surface area (Å²) >= 11 is 0. The van der Waals surface area contributed by atoms with Crippen LogP contribution >= 0.6 is 0 Å². The first-order chi connectivity index (χ1) is 8.33. The highest BCUT2D eigenvalue weighted by Gasteiger charge is 2.40. The van der Waals surface area contributed by atoms with Crippen LogP contribution in [0.15, 0.2) is 29.8 Å². The van der Waals surface area contributed by atoms with E-state index in [9.17, 15) is 4.79 Å². The van der Waals surface area contributed by atoms with Crippen LogP contribution in [0.2, 0.25) is 0 Å². The van der Waals surface area contributed by atoms with E-state index in [-0.39, 0.29) is 0 Å². The summed E-state index contributed by atoms with van der Waals surface area (Å²) in [6.45, 7) is 0. The Labute approximate surface area is 102 Å². The Morgan fingerprint density at radius 2 is 2.00 bits per heavy atom. The average Bonchev–Trinajstić information content (AvgIpc) is 2.88. The zero-order chi connectivity index (χ0) is 11.4. The third kappa shape index (κ3) is 1.28. The fourth-order valence-corrected chi connectivity index (χ4v) is 3.98. The monoisotopic (exact) mass is 224 g/mol. The Kier molecular flexibility index (Phi) is 1.88. The van der Waals surface area contributed by atoms with E-state index >= 15 is 0 Å². The van der Waals surface area contributed by atoms with Gasteiger partial charge in [-0.05, 0) is 48.3 Å². The van der Waals surface area contributed by atoms with Crippen molar-refractivity contribution < 1.29 is 4.79 Å². The second-order valence-corrected chi connectivity index (χ2v) is 5.70. The molecule has 2 unspecified atom stereocenters. The van der Waals surface area contributed by atoms with E-state index in [1.165, 1.54) is 23.1 Å². The molecule has 2 atom stereocenters. The molecule has 0 N–H and O–H groups in total. The molecule has 0 aliphatic heterocycles. The number of rotatable bonds is 0. The molecule has 3 aliphatic carbocycles. The molecule has 0 spiro atoms. The molecule has 1 saturated carbocycles. The molecule has 1 fully saturated rings. The van der Waals surface area contributed by atoms with E-state index in [1.807, 2.05) is 0 Å². The lowest BCUT2D eigenvalue weighted by molar-refractivity contribution is -0.121. The Morgan fingerprint density at radius 3 is 2.94 bits per heavy atom. The van der Waals surface area contributed by atoms with Gasteiger partial charge in [0.05, 0.1) is 0 Å². The minimum atomic E-state index is 0.347. The molecule has 17 heavy (non-hydrogen) atoms. The van der Waals surface area contributed by atoms with Crippen molar-refractivity contribution in [2.24, 2.45) is 11.8 Å². The Balaban J connectivity index is 1.76. The van der Waals surface area contributed by atoms with Crippen LogP contribution in [0.5, 0.6) is 0 Å². The number of hydrogen-bond acceptors (Lipinski definition) is 1. The quantitative estimate of drug-likeness (QED) is 0.660. The first-order valence-electron chi connectivity index (χ1n) is 6.65. The summed E-state index contributed by atoms with van der Waals surface area (Å²) < 4.78 is 0. The van der Waals surface area contributed by atoms with Crippen molar-refractivity contribution in [3.05, 3.63) is 41.0 Å². The van der Waals surface area contributed by atoms with Crippen molar-refractivity contribution in [3.8, 4) is 0 Å². The first kappa shape index (κ1) is 9.64. The van der Waals surface area contributed by atoms with E-state index in [0.29, 0.717) is 17.6 Å². The van der Waals surface area contributed by atoms with Crippen molar-refractivity contribution >= 4 is 11.4 Å². The van der Waals surface area contributed by atoms with Crippen LogP contribution in [-0.2, 0) is 11.2 Å². The number of ketones is 1. The summed E-state index contributed by atoms with van der Waals surface area (Å²) in [7, 11) is 0. The van der Waals surface area contributed by atoms with E-state index in [2.05, 4.69) is 24.3 Å². The van der Waals surface area contributed by atoms with Crippen LogP contribution in [0.3, 0.4) is 0 Å². The Hall–Kier alpha value is -1.37. The van der Waals surface area contributed by atoms with Crippen molar-refractivity contribution in [1.82, 2.24) is 0 Å². The van der Waals surface area contributed by atoms with E-state index in [4.69, 9.17) is 0 Å². The normalized spacial score (nSPS) is 30.2. The third-order valence-electron chi connectivity index (χ3n) is 4.85. The molecule has 0 heterocycles. The van der Waals surface area contributed by atoms with Gasteiger partial charge in [-0.2, -0.15) is 0 Å². The summed E-state index contributed by atoms with van der Waals surface area (Å²) in [5, 5.41) is 0. The van der Waals surface area contributed by atoms with Gasteiger partial charge in [0.2, 0.25) is 0 Å². The third-order valence-corrected chi connectivity index (χ3v) is 4.85. The summed E-state index contributed by atoms with van der Waals surface area (Å²) in [4.78, 5) is 11.9. The second kappa shape index (κ2) is 3.32. The van der Waals surface area contributed by atoms with Gasteiger partial charge >= 0.3 is 0 Å². The molecule has 1 heteroatoms. The predicted octanol–water partition coefficient (Wildman–Crippen LogP) is 3.39. The van der Waals surface area contributed by atoms with Crippen molar-refractivity contribution in [1.29, 1.82) is 0 Å². The number of carbonyl (C=O) groups is 1. The van der Waals surface area contributed by atoms with Crippen LogP contribution in [0.25, 0.3) is 5.57 Å². The first-order valence-corrected chi connectivity index (χ1v) is 6.65. The molecule has 0 radical (unpaired) electrons. The van der Waals surface area contributed by atoms with Gasteiger partial charge in [0.15, 0.2) is 0 Å². The van der Waals surface area contributed by atoms with Gasteiger partial charge in [-0.15, -0.1) is 0 Å². The molecule has 4 rings (SSSR count). The molecule has 0 saturated heterocycles. The molecule has 0 amide bonds.